The highest BCUT2D eigenvalue weighted by atomic mass is 19.1. The van der Waals surface area contributed by atoms with Crippen LogP contribution in [0.25, 0.3) is 16.6 Å². The van der Waals surface area contributed by atoms with Crippen molar-refractivity contribution in [2.75, 3.05) is 5.32 Å². The average Bonchev–Trinajstić information content (AvgIpc) is 3.01. The zero-order chi connectivity index (χ0) is 14.9. The van der Waals surface area contributed by atoms with Gasteiger partial charge in [0.2, 0.25) is 0 Å². The molecule has 3 aromatic heterocycles. The predicted octanol–water partition coefficient (Wildman–Crippen LogP) is 3.03. The van der Waals surface area contributed by atoms with Gasteiger partial charge in [0.15, 0.2) is 5.65 Å². The van der Waals surface area contributed by atoms with Crippen LogP contribution in [0.3, 0.4) is 0 Å². The van der Waals surface area contributed by atoms with Crippen LogP contribution in [0, 0.1) is 5.82 Å². The van der Waals surface area contributed by atoms with Crippen LogP contribution in [-0.4, -0.2) is 19.6 Å². The van der Waals surface area contributed by atoms with Gasteiger partial charge >= 0.3 is 0 Å². The van der Waals surface area contributed by atoms with Crippen molar-refractivity contribution in [1.29, 1.82) is 0 Å². The average molecular weight is 293 g/mol. The number of pyridine rings is 1. The molecule has 6 heteroatoms. The summed E-state index contributed by atoms with van der Waals surface area (Å²) in [7, 11) is 0. The van der Waals surface area contributed by atoms with Crippen LogP contribution in [0.2, 0.25) is 0 Å². The molecule has 0 aliphatic heterocycles. The number of rotatable bonds is 3. The first-order valence-electron chi connectivity index (χ1n) is 6.87. The summed E-state index contributed by atoms with van der Waals surface area (Å²) in [4.78, 5) is 8.43. The van der Waals surface area contributed by atoms with Crippen LogP contribution in [0.5, 0.6) is 0 Å². The molecule has 0 saturated carbocycles. The van der Waals surface area contributed by atoms with E-state index < -0.39 is 0 Å². The molecular formula is C16H12FN5. The Labute approximate surface area is 125 Å². The first kappa shape index (κ1) is 12.7. The summed E-state index contributed by atoms with van der Waals surface area (Å²) in [5.74, 6) is -0.287. The summed E-state index contributed by atoms with van der Waals surface area (Å²) in [6, 6.07) is 10.2. The zero-order valence-electron chi connectivity index (χ0n) is 11.6. The summed E-state index contributed by atoms with van der Waals surface area (Å²) in [6.45, 7) is 0.581. The summed E-state index contributed by atoms with van der Waals surface area (Å²) < 4.78 is 15.1. The molecule has 0 atom stereocenters. The number of halogens is 1. The summed E-state index contributed by atoms with van der Waals surface area (Å²) in [5.41, 5.74) is 3.33. The maximum Gasteiger partial charge on any atom is 0.155 e. The highest BCUT2D eigenvalue weighted by molar-refractivity contribution is 5.90. The van der Waals surface area contributed by atoms with Gasteiger partial charge in [-0.3, -0.25) is 4.98 Å². The van der Waals surface area contributed by atoms with E-state index in [1.165, 1.54) is 12.1 Å². The molecule has 0 fully saturated rings. The topological polar surface area (TPSA) is 55.1 Å². The second-order valence-electron chi connectivity index (χ2n) is 4.91. The lowest BCUT2D eigenvalue weighted by atomic mass is 10.2. The Morgan fingerprint density at radius 2 is 1.91 bits per heavy atom. The molecular weight excluding hydrogens is 281 g/mol. The molecule has 4 aromatic rings. The van der Waals surface area contributed by atoms with Gasteiger partial charge in [0.25, 0.3) is 0 Å². The normalized spacial score (nSPS) is 11.1. The molecule has 0 aliphatic rings. The van der Waals surface area contributed by atoms with Crippen molar-refractivity contribution in [1.82, 2.24) is 19.6 Å². The lowest BCUT2D eigenvalue weighted by Crippen LogP contribution is -2.07. The monoisotopic (exact) mass is 293 g/mol. The van der Waals surface area contributed by atoms with Gasteiger partial charge < -0.3 is 5.32 Å². The van der Waals surface area contributed by atoms with Crippen molar-refractivity contribution in [2.24, 2.45) is 0 Å². The maximum absolute atomic E-state index is 13.3. The van der Waals surface area contributed by atoms with Gasteiger partial charge in [0.05, 0.1) is 24.0 Å². The van der Waals surface area contributed by atoms with E-state index in [1.807, 2.05) is 18.2 Å². The van der Waals surface area contributed by atoms with E-state index in [-0.39, 0.29) is 5.82 Å². The van der Waals surface area contributed by atoms with Gasteiger partial charge in [-0.15, -0.1) is 0 Å². The van der Waals surface area contributed by atoms with Crippen LogP contribution in [-0.2, 0) is 6.54 Å². The number of fused-ring (bicyclic) bond motifs is 2. The lowest BCUT2D eigenvalue weighted by Gasteiger charge is -2.10. The molecule has 22 heavy (non-hydrogen) atoms. The van der Waals surface area contributed by atoms with Crippen molar-refractivity contribution in [3.8, 4) is 0 Å². The van der Waals surface area contributed by atoms with E-state index in [0.717, 1.165) is 22.4 Å². The smallest absolute Gasteiger partial charge is 0.155 e. The van der Waals surface area contributed by atoms with Gasteiger partial charge in [0, 0.05) is 35.6 Å². The Balaban J connectivity index is 1.68. The molecule has 0 bridgehead atoms. The van der Waals surface area contributed by atoms with Crippen molar-refractivity contribution in [2.45, 2.75) is 6.54 Å². The van der Waals surface area contributed by atoms with Crippen LogP contribution in [0.4, 0.5) is 10.1 Å². The quantitative estimate of drug-likeness (QED) is 0.631. The van der Waals surface area contributed by atoms with Gasteiger partial charge in [-0.05, 0) is 24.3 Å². The first-order valence-corrected chi connectivity index (χ1v) is 6.87. The number of nitrogens with one attached hydrogen (secondary N) is 1. The van der Waals surface area contributed by atoms with Crippen LogP contribution < -0.4 is 5.32 Å². The minimum Gasteiger partial charge on any atom is -0.379 e. The highest BCUT2D eigenvalue weighted by Gasteiger charge is 2.05. The minimum absolute atomic E-state index is 0.287. The highest BCUT2D eigenvalue weighted by Crippen LogP contribution is 2.22. The third-order valence-corrected chi connectivity index (χ3v) is 3.53. The molecule has 1 aromatic carbocycles. The fourth-order valence-corrected chi connectivity index (χ4v) is 2.48. The Morgan fingerprint density at radius 1 is 1.00 bits per heavy atom. The molecule has 0 unspecified atom stereocenters. The Kier molecular flexibility index (Phi) is 2.93. The van der Waals surface area contributed by atoms with E-state index in [4.69, 9.17) is 0 Å². The molecule has 0 spiro atoms. The van der Waals surface area contributed by atoms with Crippen molar-refractivity contribution in [3.05, 3.63) is 66.5 Å². The van der Waals surface area contributed by atoms with Crippen LogP contribution >= 0.6 is 0 Å². The van der Waals surface area contributed by atoms with E-state index in [2.05, 4.69) is 20.4 Å². The molecule has 0 radical (unpaired) electrons. The molecule has 1 N–H and O–H groups in total. The van der Waals surface area contributed by atoms with Crippen molar-refractivity contribution < 1.29 is 4.39 Å². The number of anilines is 1. The Bertz CT molecular complexity index is 963. The molecule has 4 rings (SSSR count). The molecule has 0 aliphatic carbocycles. The number of aromatic nitrogens is 4. The molecule has 0 saturated heterocycles. The third-order valence-electron chi connectivity index (χ3n) is 3.53. The standard InChI is InChI=1S/C16H12FN5/c17-11-1-2-13-14(4-7-18-15(13)9-11)20-10-12-3-6-19-16-5-8-21-22(12)16/h1-9H,10H2,(H,18,20). The number of benzene rings is 1. The minimum atomic E-state index is -0.287. The SMILES string of the molecule is Fc1ccc2c(NCc3ccnc4ccnn34)ccnc2c1. The van der Waals surface area contributed by atoms with E-state index >= 15 is 0 Å². The number of nitrogens with zero attached hydrogens (tertiary/aromatic N) is 4. The van der Waals surface area contributed by atoms with Gasteiger partial charge in [0.1, 0.15) is 5.82 Å². The fraction of sp³-hybridized carbons (Fsp3) is 0.0625. The van der Waals surface area contributed by atoms with E-state index in [1.54, 1.807) is 29.2 Å². The summed E-state index contributed by atoms with van der Waals surface area (Å²) in [6.07, 6.45) is 5.14. The van der Waals surface area contributed by atoms with Gasteiger partial charge in [-0.25, -0.2) is 13.9 Å². The number of hydrogen-bond acceptors (Lipinski definition) is 4. The van der Waals surface area contributed by atoms with Crippen molar-refractivity contribution >= 4 is 22.2 Å². The number of hydrogen-bond donors (Lipinski definition) is 1. The molecule has 3 heterocycles. The van der Waals surface area contributed by atoms with Gasteiger partial charge in [-0.1, -0.05) is 0 Å². The van der Waals surface area contributed by atoms with Gasteiger partial charge in [-0.2, -0.15) is 5.10 Å². The largest absolute Gasteiger partial charge is 0.379 e. The lowest BCUT2D eigenvalue weighted by molar-refractivity contribution is 0.629. The van der Waals surface area contributed by atoms with Crippen LogP contribution in [0.15, 0.2) is 55.0 Å². The molecule has 5 nitrogen and oxygen atoms in total. The van der Waals surface area contributed by atoms with Crippen molar-refractivity contribution in [3.63, 3.8) is 0 Å². The van der Waals surface area contributed by atoms with Crippen LogP contribution in [0.1, 0.15) is 5.69 Å². The predicted molar refractivity (Wildman–Crippen MR) is 82.0 cm³/mol. The second-order valence-corrected chi connectivity index (χ2v) is 4.91. The van der Waals surface area contributed by atoms with E-state index in [9.17, 15) is 4.39 Å². The molecule has 108 valence electrons. The first-order chi connectivity index (χ1) is 10.8. The van der Waals surface area contributed by atoms with E-state index in [0.29, 0.717) is 12.1 Å². The summed E-state index contributed by atoms with van der Waals surface area (Å²) >= 11 is 0. The second kappa shape index (κ2) is 5.07. The molecule has 0 amide bonds. The maximum atomic E-state index is 13.3. The Hall–Kier alpha value is -3.02. The summed E-state index contributed by atoms with van der Waals surface area (Å²) in [5, 5.41) is 8.50. The Morgan fingerprint density at radius 3 is 2.86 bits per heavy atom. The zero-order valence-corrected chi connectivity index (χ0v) is 11.6. The fourth-order valence-electron chi connectivity index (χ4n) is 2.48. The third kappa shape index (κ3) is 2.14.